The predicted molar refractivity (Wildman–Crippen MR) is 121 cm³/mol. The number of ether oxygens (including phenoxy) is 2. The number of carbonyl (C=O) groups is 1. The van der Waals surface area contributed by atoms with Gasteiger partial charge in [-0.25, -0.2) is 8.42 Å². The van der Waals surface area contributed by atoms with Gasteiger partial charge in [0.05, 0.1) is 15.5 Å². The average Bonchev–Trinajstić information content (AvgIpc) is 3.27. The Balaban J connectivity index is 1.41. The van der Waals surface area contributed by atoms with Crippen LogP contribution < -0.4 is 14.8 Å². The fraction of sp³-hybridized carbons (Fsp3) is 0.409. The maximum atomic E-state index is 13.1. The number of hydrogen-bond donors (Lipinski definition) is 1. The van der Waals surface area contributed by atoms with Crippen LogP contribution in [-0.4, -0.2) is 69.6 Å². The summed E-state index contributed by atoms with van der Waals surface area (Å²) in [6.07, 6.45) is 0.583. The summed E-state index contributed by atoms with van der Waals surface area (Å²) in [6, 6.07) is 9.91. The summed E-state index contributed by atoms with van der Waals surface area (Å²) < 4.78 is 38.3. The van der Waals surface area contributed by atoms with Crippen LogP contribution in [0.3, 0.4) is 0 Å². The lowest BCUT2D eigenvalue weighted by Crippen LogP contribution is -2.48. The van der Waals surface area contributed by atoms with Crippen LogP contribution in [0.15, 0.2) is 41.3 Å². The normalized spacial score (nSPS) is 16.8. The third-order valence-corrected chi connectivity index (χ3v) is 7.96. The molecule has 172 valence electrons. The molecule has 0 saturated carbocycles. The van der Waals surface area contributed by atoms with E-state index in [9.17, 15) is 13.2 Å². The molecule has 2 heterocycles. The third kappa shape index (κ3) is 4.85. The molecule has 0 aromatic heterocycles. The number of nitrogens with zero attached hydrogens (tertiary/aromatic N) is 2. The Morgan fingerprint density at radius 2 is 1.81 bits per heavy atom. The number of fused-ring (bicyclic) bond motifs is 1. The van der Waals surface area contributed by atoms with Gasteiger partial charge in [0.1, 0.15) is 0 Å². The Kier molecular flexibility index (Phi) is 6.90. The summed E-state index contributed by atoms with van der Waals surface area (Å²) in [6.45, 7) is 5.76. The van der Waals surface area contributed by atoms with Crippen molar-refractivity contribution in [3.8, 4) is 11.5 Å². The Morgan fingerprint density at radius 1 is 1.06 bits per heavy atom. The number of likely N-dealkylation sites (N-methyl/N-ethyl adjacent to an activating group) is 1. The average molecular weight is 480 g/mol. The van der Waals surface area contributed by atoms with E-state index in [4.69, 9.17) is 21.1 Å². The molecular formula is C22H26ClN3O5S. The second-order valence-electron chi connectivity index (χ2n) is 7.67. The molecule has 2 aliphatic heterocycles. The summed E-state index contributed by atoms with van der Waals surface area (Å²) in [7, 11) is -3.69. The summed E-state index contributed by atoms with van der Waals surface area (Å²) in [4.78, 5) is 15.0. The first-order valence-electron chi connectivity index (χ1n) is 10.6. The number of carbonyl (C=O) groups excluding carboxylic acids is 1. The Bertz CT molecular complexity index is 1100. The molecule has 1 N–H and O–H groups in total. The van der Waals surface area contributed by atoms with E-state index in [-0.39, 0.29) is 22.3 Å². The standard InChI is InChI=1S/C22H26ClN3O5S/c1-2-25-9-11-26(12-10-25)32(28,29)17-4-5-19(23)18(14-17)22(27)24-8-7-16-3-6-20-21(13-16)31-15-30-20/h3-6,13-14H,2,7-12,15H2,1H3,(H,24,27). The van der Waals surface area contributed by atoms with Gasteiger partial charge in [0.2, 0.25) is 16.8 Å². The molecular weight excluding hydrogens is 454 g/mol. The first-order valence-corrected chi connectivity index (χ1v) is 12.4. The van der Waals surface area contributed by atoms with Crippen molar-refractivity contribution in [3.63, 3.8) is 0 Å². The quantitative estimate of drug-likeness (QED) is 0.656. The van der Waals surface area contributed by atoms with Crippen LogP contribution in [0, 0.1) is 0 Å². The van der Waals surface area contributed by atoms with Gasteiger partial charge in [-0.15, -0.1) is 0 Å². The summed E-state index contributed by atoms with van der Waals surface area (Å²) in [5.41, 5.74) is 1.13. The van der Waals surface area contributed by atoms with Crippen LogP contribution in [-0.2, 0) is 16.4 Å². The van der Waals surface area contributed by atoms with E-state index >= 15 is 0 Å². The SMILES string of the molecule is CCN1CCN(S(=O)(=O)c2ccc(Cl)c(C(=O)NCCc3ccc4c(c3)OCO4)c2)CC1. The molecule has 32 heavy (non-hydrogen) atoms. The molecule has 0 aliphatic carbocycles. The summed E-state index contributed by atoms with van der Waals surface area (Å²) >= 11 is 6.22. The van der Waals surface area contributed by atoms with Crippen LogP contribution in [0.2, 0.25) is 5.02 Å². The van der Waals surface area contributed by atoms with Crippen molar-refractivity contribution in [3.05, 3.63) is 52.5 Å². The van der Waals surface area contributed by atoms with Crippen molar-refractivity contribution in [2.75, 3.05) is 46.1 Å². The lowest BCUT2D eigenvalue weighted by Gasteiger charge is -2.33. The number of benzene rings is 2. The molecule has 0 spiro atoms. The number of nitrogens with one attached hydrogen (secondary N) is 1. The second kappa shape index (κ2) is 9.66. The zero-order valence-electron chi connectivity index (χ0n) is 17.8. The minimum absolute atomic E-state index is 0.0766. The highest BCUT2D eigenvalue weighted by Gasteiger charge is 2.29. The van der Waals surface area contributed by atoms with Gasteiger partial charge in [-0.05, 0) is 48.9 Å². The van der Waals surface area contributed by atoms with Gasteiger partial charge in [0.15, 0.2) is 11.5 Å². The number of halogens is 1. The monoisotopic (exact) mass is 479 g/mol. The maximum absolute atomic E-state index is 13.1. The highest BCUT2D eigenvalue weighted by atomic mass is 35.5. The van der Waals surface area contributed by atoms with Gasteiger partial charge in [0.25, 0.3) is 5.91 Å². The molecule has 1 fully saturated rings. The number of rotatable bonds is 7. The van der Waals surface area contributed by atoms with E-state index < -0.39 is 15.9 Å². The smallest absolute Gasteiger partial charge is 0.252 e. The molecule has 0 radical (unpaired) electrons. The van der Waals surface area contributed by atoms with E-state index in [1.54, 1.807) is 0 Å². The molecule has 0 atom stereocenters. The molecule has 1 amide bonds. The zero-order chi connectivity index (χ0) is 22.7. The van der Waals surface area contributed by atoms with Crippen molar-refractivity contribution in [1.29, 1.82) is 0 Å². The van der Waals surface area contributed by atoms with Crippen LogP contribution in [0.1, 0.15) is 22.8 Å². The number of hydrogen-bond acceptors (Lipinski definition) is 6. The van der Waals surface area contributed by atoms with Gasteiger partial charge in [0, 0.05) is 32.7 Å². The van der Waals surface area contributed by atoms with Gasteiger partial charge in [-0.2, -0.15) is 4.31 Å². The van der Waals surface area contributed by atoms with Gasteiger partial charge in [-0.3, -0.25) is 4.79 Å². The molecule has 0 bridgehead atoms. The van der Waals surface area contributed by atoms with Crippen molar-refractivity contribution in [1.82, 2.24) is 14.5 Å². The fourth-order valence-corrected chi connectivity index (χ4v) is 5.44. The van der Waals surface area contributed by atoms with Gasteiger partial charge in [-0.1, -0.05) is 24.6 Å². The van der Waals surface area contributed by atoms with E-state index in [2.05, 4.69) is 17.1 Å². The highest BCUT2D eigenvalue weighted by molar-refractivity contribution is 7.89. The van der Waals surface area contributed by atoms with Crippen LogP contribution in [0.5, 0.6) is 11.5 Å². The van der Waals surface area contributed by atoms with Crippen LogP contribution >= 0.6 is 11.6 Å². The Labute approximate surface area is 193 Å². The van der Waals surface area contributed by atoms with E-state index in [1.165, 1.54) is 22.5 Å². The molecule has 0 unspecified atom stereocenters. The first kappa shape index (κ1) is 22.8. The molecule has 4 rings (SSSR count). The topological polar surface area (TPSA) is 88.2 Å². The number of piperazine rings is 1. The maximum Gasteiger partial charge on any atom is 0.252 e. The van der Waals surface area contributed by atoms with E-state index in [0.717, 1.165) is 12.1 Å². The molecule has 2 aromatic rings. The molecule has 10 heteroatoms. The van der Waals surface area contributed by atoms with E-state index in [0.29, 0.717) is 50.6 Å². The van der Waals surface area contributed by atoms with E-state index in [1.807, 2.05) is 18.2 Å². The summed E-state index contributed by atoms with van der Waals surface area (Å²) in [5, 5.41) is 3.03. The first-order chi connectivity index (χ1) is 15.4. The molecule has 8 nitrogen and oxygen atoms in total. The van der Waals surface area contributed by atoms with Gasteiger partial charge < -0.3 is 19.7 Å². The van der Waals surface area contributed by atoms with Crippen LogP contribution in [0.25, 0.3) is 0 Å². The van der Waals surface area contributed by atoms with Gasteiger partial charge >= 0.3 is 0 Å². The lowest BCUT2D eigenvalue weighted by molar-refractivity contribution is 0.0954. The largest absolute Gasteiger partial charge is 0.454 e. The Hall–Kier alpha value is -2.33. The lowest BCUT2D eigenvalue weighted by atomic mass is 10.1. The summed E-state index contributed by atoms with van der Waals surface area (Å²) in [5.74, 6) is 0.983. The fourth-order valence-electron chi connectivity index (χ4n) is 3.79. The molecule has 2 aromatic carbocycles. The second-order valence-corrected chi connectivity index (χ2v) is 10.0. The third-order valence-electron chi connectivity index (χ3n) is 5.73. The minimum Gasteiger partial charge on any atom is -0.454 e. The van der Waals surface area contributed by atoms with Crippen molar-refractivity contribution in [2.24, 2.45) is 0 Å². The predicted octanol–water partition coefficient (Wildman–Crippen LogP) is 2.37. The zero-order valence-corrected chi connectivity index (χ0v) is 19.4. The van der Waals surface area contributed by atoms with Crippen LogP contribution in [0.4, 0.5) is 0 Å². The van der Waals surface area contributed by atoms with Crippen molar-refractivity contribution >= 4 is 27.5 Å². The van der Waals surface area contributed by atoms with Crippen molar-refractivity contribution in [2.45, 2.75) is 18.2 Å². The minimum atomic E-state index is -3.69. The molecule has 1 saturated heterocycles. The number of sulfonamides is 1. The highest BCUT2D eigenvalue weighted by Crippen LogP contribution is 2.32. The Morgan fingerprint density at radius 3 is 2.56 bits per heavy atom. The number of amides is 1. The molecule has 2 aliphatic rings. The van der Waals surface area contributed by atoms with Crippen molar-refractivity contribution < 1.29 is 22.7 Å².